The van der Waals surface area contributed by atoms with E-state index in [0.717, 1.165) is 43.2 Å². The topological polar surface area (TPSA) is 49.9 Å². The summed E-state index contributed by atoms with van der Waals surface area (Å²) in [5, 5.41) is 0. The molecule has 2 atom stereocenters. The van der Waals surface area contributed by atoms with Crippen molar-refractivity contribution in [1.29, 1.82) is 0 Å². The van der Waals surface area contributed by atoms with Crippen LogP contribution in [0.2, 0.25) is 0 Å². The smallest absolute Gasteiger partial charge is 0.230 e. The van der Waals surface area contributed by atoms with E-state index in [2.05, 4.69) is 9.80 Å². The molecule has 2 aliphatic heterocycles. The van der Waals surface area contributed by atoms with Crippen molar-refractivity contribution in [2.75, 3.05) is 44.8 Å². The summed E-state index contributed by atoms with van der Waals surface area (Å²) in [5.41, 5.74) is 1.53. The van der Waals surface area contributed by atoms with E-state index in [0.29, 0.717) is 17.7 Å². The van der Waals surface area contributed by atoms with Crippen molar-refractivity contribution in [2.24, 2.45) is 0 Å². The Labute approximate surface area is 159 Å². The number of fused-ring (bicyclic) bond motifs is 1. The number of carbonyl (C=O) groups is 2. The summed E-state index contributed by atoms with van der Waals surface area (Å²) in [7, 11) is 1.60. The molecule has 1 aliphatic carbocycles. The zero-order chi connectivity index (χ0) is 18.1. The molecule has 2 unspecified atom stereocenters. The van der Waals surface area contributed by atoms with E-state index in [9.17, 15) is 9.59 Å². The number of likely N-dealkylation sites (tertiary alicyclic amines) is 1. The summed E-state index contributed by atoms with van der Waals surface area (Å²) in [5.74, 6) is 2.52. The molecule has 5 nitrogen and oxygen atoms in total. The molecule has 4 rings (SSSR count). The van der Waals surface area contributed by atoms with Crippen molar-refractivity contribution in [2.45, 2.75) is 31.2 Å². The third-order valence-corrected chi connectivity index (χ3v) is 6.89. The van der Waals surface area contributed by atoms with Crippen LogP contribution in [-0.4, -0.2) is 72.3 Å². The van der Waals surface area contributed by atoms with Gasteiger partial charge in [0.1, 0.15) is 5.75 Å². The van der Waals surface area contributed by atoms with Crippen molar-refractivity contribution in [3.8, 4) is 5.75 Å². The van der Waals surface area contributed by atoms with Crippen LogP contribution < -0.4 is 4.74 Å². The fraction of sp³-hybridized carbons (Fsp3) is 0.600. The van der Waals surface area contributed by atoms with E-state index < -0.39 is 0 Å². The van der Waals surface area contributed by atoms with Gasteiger partial charge in [0, 0.05) is 36.6 Å². The van der Waals surface area contributed by atoms with E-state index in [1.807, 2.05) is 23.9 Å². The Morgan fingerprint density at radius 3 is 2.85 bits per heavy atom. The number of amides is 1. The number of methoxy groups -OCH3 is 1. The van der Waals surface area contributed by atoms with Crippen LogP contribution >= 0.6 is 11.8 Å². The molecule has 2 heterocycles. The minimum Gasteiger partial charge on any atom is -0.497 e. The summed E-state index contributed by atoms with van der Waals surface area (Å²) in [6, 6.07) is 5.79. The number of benzene rings is 1. The van der Waals surface area contributed by atoms with Crippen LogP contribution in [0.4, 0.5) is 0 Å². The van der Waals surface area contributed by atoms with Gasteiger partial charge in [0.2, 0.25) is 5.91 Å². The third kappa shape index (κ3) is 3.37. The van der Waals surface area contributed by atoms with Gasteiger partial charge in [-0.1, -0.05) is 6.07 Å². The zero-order valence-electron chi connectivity index (χ0n) is 15.3. The Balaban J connectivity index is 1.53. The van der Waals surface area contributed by atoms with Crippen molar-refractivity contribution in [3.05, 3.63) is 29.3 Å². The molecule has 0 N–H and O–H groups in total. The first-order valence-electron chi connectivity index (χ1n) is 9.49. The number of hydrogen-bond donors (Lipinski definition) is 0. The Bertz CT molecular complexity index is 702. The molecule has 26 heavy (non-hydrogen) atoms. The molecule has 0 bridgehead atoms. The molecular formula is C20H26N2O3S. The van der Waals surface area contributed by atoms with Gasteiger partial charge in [0.05, 0.1) is 19.1 Å². The van der Waals surface area contributed by atoms with Crippen molar-refractivity contribution in [1.82, 2.24) is 9.80 Å². The van der Waals surface area contributed by atoms with Gasteiger partial charge in [-0.2, -0.15) is 11.8 Å². The minimum absolute atomic E-state index is 0.0553. The Hall–Kier alpha value is -1.53. The molecule has 3 aliphatic rings. The van der Waals surface area contributed by atoms with Gasteiger partial charge in [-0.15, -0.1) is 0 Å². The quantitative estimate of drug-likeness (QED) is 0.810. The molecule has 0 radical (unpaired) electrons. The lowest BCUT2D eigenvalue weighted by atomic mass is 9.98. The summed E-state index contributed by atoms with van der Waals surface area (Å²) in [6.45, 7) is 4.05. The first kappa shape index (κ1) is 17.9. The van der Waals surface area contributed by atoms with Gasteiger partial charge < -0.3 is 14.5 Å². The van der Waals surface area contributed by atoms with Gasteiger partial charge in [-0.05, 0) is 43.6 Å². The molecule has 0 spiro atoms. The Kier molecular flexibility index (Phi) is 5.23. The van der Waals surface area contributed by atoms with E-state index in [1.54, 1.807) is 13.2 Å². The van der Waals surface area contributed by atoms with E-state index >= 15 is 0 Å². The van der Waals surface area contributed by atoms with Crippen molar-refractivity contribution < 1.29 is 14.3 Å². The highest BCUT2D eigenvalue weighted by molar-refractivity contribution is 7.99. The van der Waals surface area contributed by atoms with Gasteiger partial charge in [0.15, 0.2) is 5.78 Å². The zero-order valence-corrected chi connectivity index (χ0v) is 16.1. The van der Waals surface area contributed by atoms with Gasteiger partial charge >= 0.3 is 0 Å². The number of ether oxygens (including phenoxy) is 1. The number of thioether (sulfide) groups is 1. The maximum Gasteiger partial charge on any atom is 0.230 e. The molecule has 6 heteroatoms. The van der Waals surface area contributed by atoms with Crippen molar-refractivity contribution in [3.63, 3.8) is 0 Å². The standard InChI is InChI=1S/C20H26N2O3S/c1-25-15-4-5-16-17(10-15)19(23)11-18(16)20(24)22-8-9-26-13-14(22)12-21-6-2-3-7-21/h4-5,10,14,18H,2-3,6-9,11-13H2,1H3. The molecule has 0 aromatic heterocycles. The average molecular weight is 375 g/mol. The lowest BCUT2D eigenvalue weighted by Crippen LogP contribution is -2.52. The second-order valence-electron chi connectivity index (χ2n) is 7.40. The fourth-order valence-electron chi connectivity index (χ4n) is 4.39. The van der Waals surface area contributed by atoms with Crippen LogP contribution in [0.3, 0.4) is 0 Å². The minimum atomic E-state index is -0.326. The lowest BCUT2D eigenvalue weighted by molar-refractivity contribution is -0.134. The van der Waals surface area contributed by atoms with E-state index in [-0.39, 0.29) is 23.7 Å². The largest absolute Gasteiger partial charge is 0.497 e. The molecule has 2 fully saturated rings. The number of Topliss-reactive ketones (excluding diaryl/α,β-unsaturated/α-hetero) is 1. The first-order valence-corrected chi connectivity index (χ1v) is 10.6. The second kappa shape index (κ2) is 7.61. The van der Waals surface area contributed by atoms with Crippen LogP contribution in [-0.2, 0) is 4.79 Å². The highest BCUT2D eigenvalue weighted by Crippen LogP contribution is 2.37. The lowest BCUT2D eigenvalue weighted by Gasteiger charge is -2.39. The predicted molar refractivity (Wildman–Crippen MR) is 103 cm³/mol. The second-order valence-corrected chi connectivity index (χ2v) is 8.55. The van der Waals surface area contributed by atoms with Crippen molar-refractivity contribution >= 4 is 23.5 Å². The normalized spacial score (nSPS) is 26.2. The highest BCUT2D eigenvalue weighted by atomic mass is 32.2. The third-order valence-electron chi connectivity index (χ3n) is 5.80. The average Bonchev–Trinajstić information content (AvgIpc) is 3.29. The van der Waals surface area contributed by atoms with Crippen LogP contribution in [0.25, 0.3) is 0 Å². The molecule has 1 aromatic carbocycles. The first-order chi connectivity index (χ1) is 12.7. The number of rotatable bonds is 4. The SMILES string of the molecule is COc1ccc2c(c1)C(=O)CC2C(=O)N1CCSCC1CN1CCCC1. The van der Waals surface area contributed by atoms with Gasteiger partial charge in [0.25, 0.3) is 0 Å². The summed E-state index contributed by atoms with van der Waals surface area (Å²) in [6.07, 6.45) is 2.82. The maximum atomic E-state index is 13.4. The molecule has 0 saturated carbocycles. The number of carbonyl (C=O) groups excluding carboxylic acids is 2. The van der Waals surface area contributed by atoms with Gasteiger partial charge in [-0.25, -0.2) is 0 Å². The fourth-order valence-corrected chi connectivity index (χ4v) is 5.44. The van der Waals surface area contributed by atoms with Crippen LogP contribution in [0, 0.1) is 0 Å². The maximum absolute atomic E-state index is 13.4. The monoisotopic (exact) mass is 374 g/mol. The highest BCUT2D eigenvalue weighted by Gasteiger charge is 2.39. The predicted octanol–water partition coefficient (Wildman–Crippen LogP) is 2.41. The number of ketones is 1. The van der Waals surface area contributed by atoms with Crippen LogP contribution in [0.1, 0.15) is 41.1 Å². The summed E-state index contributed by atoms with van der Waals surface area (Å²) >= 11 is 1.94. The summed E-state index contributed by atoms with van der Waals surface area (Å²) < 4.78 is 5.24. The van der Waals surface area contributed by atoms with E-state index in [1.165, 1.54) is 12.8 Å². The van der Waals surface area contributed by atoms with Crippen LogP contribution in [0.5, 0.6) is 5.75 Å². The molecule has 2 saturated heterocycles. The number of nitrogens with zero attached hydrogens (tertiary/aromatic N) is 2. The van der Waals surface area contributed by atoms with Crippen LogP contribution in [0.15, 0.2) is 18.2 Å². The summed E-state index contributed by atoms with van der Waals surface area (Å²) in [4.78, 5) is 30.4. The van der Waals surface area contributed by atoms with E-state index in [4.69, 9.17) is 4.74 Å². The molecule has 140 valence electrons. The Morgan fingerprint density at radius 1 is 1.27 bits per heavy atom. The molecule has 1 amide bonds. The van der Waals surface area contributed by atoms with Gasteiger partial charge in [-0.3, -0.25) is 9.59 Å². The number of hydrogen-bond acceptors (Lipinski definition) is 5. The molecule has 1 aromatic rings. The Morgan fingerprint density at radius 2 is 2.08 bits per heavy atom. The molecular weight excluding hydrogens is 348 g/mol.